The second-order valence-electron chi connectivity index (χ2n) is 6.98. The molecule has 0 radical (unpaired) electrons. The molecule has 0 amide bonds. The standard InChI is InChI=1S/C16H32N2/c1-13(2)4-5-14(3)18-10-8-16(9-11-18)17-12-15-6-7-15/h13-17H,4-12H2,1-3H3. The summed E-state index contributed by atoms with van der Waals surface area (Å²) < 4.78 is 0. The summed E-state index contributed by atoms with van der Waals surface area (Å²) in [5.74, 6) is 1.87. The van der Waals surface area contributed by atoms with Crippen LogP contribution in [0.5, 0.6) is 0 Å². The SMILES string of the molecule is CC(C)CCC(C)N1CCC(NCC2CC2)CC1. The molecular formula is C16H32N2. The second kappa shape index (κ2) is 6.91. The first-order valence-electron chi connectivity index (χ1n) is 8.12. The van der Waals surface area contributed by atoms with Gasteiger partial charge in [-0.25, -0.2) is 0 Å². The molecule has 1 saturated heterocycles. The summed E-state index contributed by atoms with van der Waals surface area (Å²) in [6.45, 7) is 11.0. The van der Waals surface area contributed by atoms with Crippen molar-refractivity contribution >= 4 is 0 Å². The number of rotatable bonds is 7. The Bertz CT molecular complexity index is 227. The molecule has 1 unspecified atom stereocenters. The van der Waals surface area contributed by atoms with Gasteiger partial charge in [-0.15, -0.1) is 0 Å². The van der Waals surface area contributed by atoms with Crippen molar-refractivity contribution in [3.05, 3.63) is 0 Å². The van der Waals surface area contributed by atoms with Crippen LogP contribution in [-0.2, 0) is 0 Å². The van der Waals surface area contributed by atoms with Crippen LogP contribution in [0.4, 0.5) is 0 Å². The van der Waals surface area contributed by atoms with Crippen LogP contribution >= 0.6 is 0 Å². The molecule has 1 aliphatic carbocycles. The summed E-state index contributed by atoms with van der Waals surface area (Å²) in [6.07, 6.45) is 8.41. The maximum Gasteiger partial charge on any atom is 0.00915 e. The predicted octanol–water partition coefficient (Wildman–Crippen LogP) is 3.28. The normalized spacial score (nSPS) is 24.7. The number of likely N-dealkylation sites (tertiary alicyclic amines) is 1. The summed E-state index contributed by atoms with van der Waals surface area (Å²) >= 11 is 0. The maximum atomic E-state index is 3.77. The van der Waals surface area contributed by atoms with Crippen molar-refractivity contribution < 1.29 is 0 Å². The Morgan fingerprint density at radius 2 is 1.67 bits per heavy atom. The summed E-state index contributed by atoms with van der Waals surface area (Å²) in [6, 6.07) is 1.59. The minimum Gasteiger partial charge on any atom is -0.314 e. The van der Waals surface area contributed by atoms with Gasteiger partial charge in [-0.2, -0.15) is 0 Å². The Morgan fingerprint density at radius 3 is 2.22 bits per heavy atom. The number of hydrogen-bond donors (Lipinski definition) is 1. The molecule has 2 nitrogen and oxygen atoms in total. The largest absolute Gasteiger partial charge is 0.314 e. The second-order valence-corrected chi connectivity index (χ2v) is 6.98. The zero-order valence-electron chi connectivity index (χ0n) is 12.6. The average Bonchev–Trinajstić information content (AvgIpc) is 3.18. The van der Waals surface area contributed by atoms with Gasteiger partial charge in [0.1, 0.15) is 0 Å². The van der Waals surface area contributed by atoms with E-state index in [1.165, 1.54) is 58.2 Å². The van der Waals surface area contributed by atoms with Crippen LogP contribution in [0.3, 0.4) is 0 Å². The van der Waals surface area contributed by atoms with Crippen LogP contribution < -0.4 is 5.32 Å². The predicted molar refractivity (Wildman–Crippen MR) is 78.9 cm³/mol. The van der Waals surface area contributed by atoms with Crippen molar-refractivity contribution in [2.45, 2.75) is 71.4 Å². The van der Waals surface area contributed by atoms with Gasteiger partial charge in [-0.1, -0.05) is 13.8 Å². The van der Waals surface area contributed by atoms with Crippen molar-refractivity contribution in [2.75, 3.05) is 19.6 Å². The molecule has 1 aliphatic heterocycles. The van der Waals surface area contributed by atoms with Gasteiger partial charge < -0.3 is 10.2 Å². The van der Waals surface area contributed by atoms with E-state index in [1.807, 2.05) is 0 Å². The van der Waals surface area contributed by atoms with Crippen molar-refractivity contribution in [3.8, 4) is 0 Å². The Hall–Kier alpha value is -0.0800. The summed E-state index contributed by atoms with van der Waals surface area (Å²) in [5.41, 5.74) is 0. The Kier molecular flexibility index (Phi) is 5.50. The van der Waals surface area contributed by atoms with Gasteiger partial charge in [-0.3, -0.25) is 0 Å². The highest BCUT2D eigenvalue weighted by molar-refractivity contribution is 4.83. The molecule has 1 saturated carbocycles. The van der Waals surface area contributed by atoms with Crippen molar-refractivity contribution in [2.24, 2.45) is 11.8 Å². The lowest BCUT2D eigenvalue weighted by molar-refractivity contribution is 0.142. The third-order valence-electron chi connectivity index (χ3n) is 4.71. The average molecular weight is 252 g/mol. The fourth-order valence-electron chi connectivity index (χ4n) is 2.96. The Balaban J connectivity index is 1.59. The zero-order chi connectivity index (χ0) is 13.0. The Labute approximate surface area is 114 Å². The molecule has 0 aromatic carbocycles. The van der Waals surface area contributed by atoms with Crippen LogP contribution in [-0.4, -0.2) is 36.6 Å². The topological polar surface area (TPSA) is 15.3 Å². The van der Waals surface area contributed by atoms with E-state index in [1.54, 1.807) is 0 Å². The molecule has 106 valence electrons. The zero-order valence-corrected chi connectivity index (χ0v) is 12.6. The fourth-order valence-corrected chi connectivity index (χ4v) is 2.96. The van der Waals surface area contributed by atoms with Gasteiger partial charge in [0.25, 0.3) is 0 Å². The number of piperidine rings is 1. The Morgan fingerprint density at radius 1 is 1.00 bits per heavy atom. The molecular weight excluding hydrogens is 220 g/mol. The first-order chi connectivity index (χ1) is 8.65. The van der Waals surface area contributed by atoms with E-state index in [9.17, 15) is 0 Å². The van der Waals surface area contributed by atoms with E-state index in [-0.39, 0.29) is 0 Å². The first-order valence-corrected chi connectivity index (χ1v) is 8.12. The van der Waals surface area contributed by atoms with E-state index in [0.717, 1.165) is 23.9 Å². The van der Waals surface area contributed by atoms with Crippen LogP contribution in [0, 0.1) is 11.8 Å². The minimum atomic E-state index is 0.789. The smallest absolute Gasteiger partial charge is 0.00915 e. The lowest BCUT2D eigenvalue weighted by Gasteiger charge is -2.36. The lowest BCUT2D eigenvalue weighted by Crippen LogP contribution is -2.46. The van der Waals surface area contributed by atoms with Gasteiger partial charge in [0, 0.05) is 12.1 Å². The lowest BCUT2D eigenvalue weighted by atomic mass is 9.99. The van der Waals surface area contributed by atoms with Crippen LogP contribution in [0.1, 0.15) is 59.3 Å². The number of nitrogens with zero attached hydrogens (tertiary/aromatic N) is 1. The summed E-state index contributed by atoms with van der Waals surface area (Å²) in [7, 11) is 0. The van der Waals surface area contributed by atoms with Crippen LogP contribution in [0.25, 0.3) is 0 Å². The highest BCUT2D eigenvalue weighted by atomic mass is 15.2. The van der Waals surface area contributed by atoms with E-state index < -0.39 is 0 Å². The number of hydrogen-bond acceptors (Lipinski definition) is 2. The van der Waals surface area contributed by atoms with Crippen molar-refractivity contribution in [1.29, 1.82) is 0 Å². The third kappa shape index (κ3) is 4.89. The van der Waals surface area contributed by atoms with Crippen molar-refractivity contribution in [1.82, 2.24) is 10.2 Å². The molecule has 1 atom stereocenters. The number of nitrogens with one attached hydrogen (secondary N) is 1. The molecule has 2 fully saturated rings. The molecule has 0 aromatic rings. The molecule has 2 rings (SSSR count). The molecule has 1 N–H and O–H groups in total. The molecule has 2 aliphatic rings. The molecule has 0 spiro atoms. The van der Waals surface area contributed by atoms with Crippen LogP contribution in [0.2, 0.25) is 0 Å². The van der Waals surface area contributed by atoms with Crippen molar-refractivity contribution in [3.63, 3.8) is 0 Å². The van der Waals surface area contributed by atoms with Gasteiger partial charge in [-0.05, 0) is 76.9 Å². The van der Waals surface area contributed by atoms with E-state index >= 15 is 0 Å². The summed E-state index contributed by atoms with van der Waals surface area (Å²) in [4.78, 5) is 2.71. The quantitative estimate of drug-likeness (QED) is 0.748. The van der Waals surface area contributed by atoms with Crippen LogP contribution in [0.15, 0.2) is 0 Å². The first kappa shape index (κ1) is 14.3. The van der Waals surface area contributed by atoms with Gasteiger partial charge >= 0.3 is 0 Å². The van der Waals surface area contributed by atoms with Gasteiger partial charge in [0.15, 0.2) is 0 Å². The van der Waals surface area contributed by atoms with Gasteiger partial charge in [0.2, 0.25) is 0 Å². The highest BCUT2D eigenvalue weighted by Gasteiger charge is 2.25. The van der Waals surface area contributed by atoms with E-state index in [4.69, 9.17) is 0 Å². The molecule has 0 bridgehead atoms. The van der Waals surface area contributed by atoms with E-state index in [2.05, 4.69) is 31.0 Å². The van der Waals surface area contributed by atoms with E-state index in [0.29, 0.717) is 0 Å². The van der Waals surface area contributed by atoms with Gasteiger partial charge in [0.05, 0.1) is 0 Å². The molecule has 0 aromatic heterocycles. The third-order valence-corrected chi connectivity index (χ3v) is 4.71. The maximum absolute atomic E-state index is 3.77. The monoisotopic (exact) mass is 252 g/mol. The molecule has 18 heavy (non-hydrogen) atoms. The summed E-state index contributed by atoms with van der Waals surface area (Å²) in [5, 5.41) is 3.77. The molecule has 2 heteroatoms. The fraction of sp³-hybridized carbons (Fsp3) is 1.00. The highest BCUT2D eigenvalue weighted by Crippen LogP contribution is 2.28. The minimum absolute atomic E-state index is 0.789. The molecule has 1 heterocycles.